The lowest BCUT2D eigenvalue weighted by Crippen LogP contribution is -2.42. The Bertz CT molecular complexity index is 958. The summed E-state index contributed by atoms with van der Waals surface area (Å²) in [6.45, 7) is 2.33. The lowest BCUT2D eigenvalue weighted by molar-refractivity contribution is 0.0956. The van der Waals surface area contributed by atoms with E-state index >= 15 is 0 Å². The Morgan fingerprint density at radius 1 is 1.46 bits per heavy atom. The Labute approximate surface area is 151 Å². The minimum Gasteiger partial charge on any atom is -0.485 e. The van der Waals surface area contributed by atoms with E-state index in [1.807, 2.05) is 13.0 Å². The number of carbonyl (C=O) groups excluding carboxylic acids is 1. The first-order valence-corrected chi connectivity index (χ1v) is 8.48. The van der Waals surface area contributed by atoms with Crippen LogP contribution in [0.3, 0.4) is 0 Å². The van der Waals surface area contributed by atoms with Crippen molar-refractivity contribution in [2.45, 2.75) is 13.0 Å². The molecule has 4 rings (SSSR count). The fourth-order valence-electron chi connectivity index (χ4n) is 2.71. The molecular formula is C16H12BrClN4O2. The van der Waals surface area contributed by atoms with Gasteiger partial charge in [-0.05, 0) is 35.0 Å². The molecular weight excluding hydrogens is 396 g/mol. The zero-order chi connectivity index (χ0) is 16.8. The maximum Gasteiger partial charge on any atom is 0.279 e. The third kappa shape index (κ3) is 2.53. The van der Waals surface area contributed by atoms with Crippen LogP contribution in [0.2, 0.25) is 5.02 Å². The number of rotatable bonds is 1. The lowest BCUT2D eigenvalue weighted by atomic mass is 10.2. The van der Waals surface area contributed by atoms with E-state index in [0.29, 0.717) is 34.3 Å². The second-order valence-corrected chi connectivity index (χ2v) is 6.86. The molecule has 3 heterocycles. The Morgan fingerprint density at radius 3 is 3.12 bits per heavy atom. The van der Waals surface area contributed by atoms with Crippen LogP contribution in [-0.4, -0.2) is 33.2 Å². The van der Waals surface area contributed by atoms with Crippen molar-refractivity contribution >= 4 is 44.8 Å². The van der Waals surface area contributed by atoms with Crippen molar-refractivity contribution in [3.05, 3.63) is 51.8 Å². The molecule has 1 amide bonds. The van der Waals surface area contributed by atoms with Crippen molar-refractivity contribution < 1.29 is 9.53 Å². The molecule has 6 nitrogen and oxygen atoms in total. The fraction of sp³-hybridized carbons (Fsp3) is 0.188. The number of carbonyl (C=O) groups is 1. The molecule has 8 heteroatoms. The van der Waals surface area contributed by atoms with Crippen molar-refractivity contribution in [1.82, 2.24) is 14.6 Å². The molecule has 0 bridgehead atoms. The highest BCUT2D eigenvalue weighted by Gasteiger charge is 2.31. The van der Waals surface area contributed by atoms with Crippen LogP contribution in [0, 0.1) is 0 Å². The van der Waals surface area contributed by atoms with Crippen LogP contribution in [0.1, 0.15) is 17.4 Å². The molecule has 0 saturated heterocycles. The third-order valence-electron chi connectivity index (χ3n) is 3.74. The monoisotopic (exact) mass is 406 g/mol. The van der Waals surface area contributed by atoms with E-state index < -0.39 is 0 Å². The molecule has 1 aromatic carbocycles. The maximum absolute atomic E-state index is 13.0. The minimum atomic E-state index is -0.213. The average molecular weight is 408 g/mol. The highest BCUT2D eigenvalue weighted by molar-refractivity contribution is 9.10. The summed E-state index contributed by atoms with van der Waals surface area (Å²) < 4.78 is 8.14. The summed E-state index contributed by atoms with van der Waals surface area (Å²) in [5.74, 6) is 0.311. The molecule has 0 spiro atoms. The first-order chi connectivity index (χ1) is 11.5. The minimum absolute atomic E-state index is 0.161. The molecule has 1 unspecified atom stereocenters. The van der Waals surface area contributed by atoms with E-state index in [4.69, 9.17) is 16.3 Å². The number of amides is 1. The summed E-state index contributed by atoms with van der Waals surface area (Å²) >= 11 is 9.55. The Kier molecular flexibility index (Phi) is 3.69. The van der Waals surface area contributed by atoms with Gasteiger partial charge in [0.15, 0.2) is 17.1 Å². The summed E-state index contributed by atoms with van der Waals surface area (Å²) in [5, 5.41) is 4.81. The second kappa shape index (κ2) is 5.75. The molecule has 0 N–H and O–H groups in total. The largest absolute Gasteiger partial charge is 0.485 e. The highest BCUT2D eigenvalue weighted by atomic mass is 79.9. The van der Waals surface area contributed by atoms with E-state index in [2.05, 4.69) is 26.0 Å². The number of hydrogen-bond acceptors (Lipinski definition) is 4. The summed E-state index contributed by atoms with van der Waals surface area (Å²) in [4.78, 5) is 18.9. The summed E-state index contributed by atoms with van der Waals surface area (Å²) in [7, 11) is 0. The maximum atomic E-state index is 13.0. The smallest absolute Gasteiger partial charge is 0.279 e. The summed E-state index contributed by atoms with van der Waals surface area (Å²) in [6, 6.07) is 7.02. The molecule has 1 aliphatic rings. The first kappa shape index (κ1) is 15.4. The predicted octanol–water partition coefficient (Wildman–Crippen LogP) is 3.57. The normalized spacial score (nSPS) is 16.8. The van der Waals surface area contributed by atoms with Crippen LogP contribution in [0.15, 0.2) is 41.1 Å². The summed E-state index contributed by atoms with van der Waals surface area (Å²) in [6.07, 6.45) is 3.26. The fourth-order valence-corrected chi connectivity index (χ4v) is 3.22. The lowest BCUT2D eigenvalue weighted by Gasteiger charge is -2.33. The van der Waals surface area contributed by atoms with Gasteiger partial charge in [-0.15, -0.1) is 0 Å². The van der Waals surface area contributed by atoms with Gasteiger partial charge in [0.05, 0.1) is 21.7 Å². The number of anilines is 1. The standard InChI is InChI=1S/C16H12BrClN4O2/c1-9-7-21(13-4-2-3-11(18)15(13)24-9)16(23)12-5-14-19-6-10(17)8-22(14)20-12/h2-6,8-9H,7H2,1H3. The number of para-hydroxylation sites is 1. The molecule has 3 aromatic rings. The van der Waals surface area contributed by atoms with Crippen molar-refractivity contribution in [2.75, 3.05) is 11.4 Å². The van der Waals surface area contributed by atoms with E-state index in [0.717, 1.165) is 4.47 Å². The Balaban J connectivity index is 1.77. The number of halogens is 2. The van der Waals surface area contributed by atoms with Crippen molar-refractivity contribution in [2.24, 2.45) is 0 Å². The molecule has 24 heavy (non-hydrogen) atoms. The van der Waals surface area contributed by atoms with Gasteiger partial charge in [-0.25, -0.2) is 9.50 Å². The predicted molar refractivity (Wildman–Crippen MR) is 93.9 cm³/mol. The van der Waals surface area contributed by atoms with Crippen LogP contribution in [-0.2, 0) is 0 Å². The molecule has 0 saturated carbocycles. The van der Waals surface area contributed by atoms with Gasteiger partial charge in [-0.3, -0.25) is 9.69 Å². The Morgan fingerprint density at radius 2 is 2.29 bits per heavy atom. The quantitative estimate of drug-likeness (QED) is 0.619. The number of hydrogen-bond donors (Lipinski definition) is 0. The highest BCUT2D eigenvalue weighted by Crippen LogP contribution is 2.39. The van der Waals surface area contributed by atoms with Gasteiger partial charge in [0, 0.05) is 18.5 Å². The molecule has 2 aromatic heterocycles. The van der Waals surface area contributed by atoms with E-state index in [1.54, 1.807) is 40.0 Å². The number of aromatic nitrogens is 3. The van der Waals surface area contributed by atoms with Gasteiger partial charge in [0.2, 0.25) is 0 Å². The zero-order valence-electron chi connectivity index (χ0n) is 12.6. The molecule has 0 aliphatic carbocycles. The average Bonchev–Trinajstić information content (AvgIpc) is 2.97. The van der Waals surface area contributed by atoms with Gasteiger partial charge in [0.25, 0.3) is 5.91 Å². The summed E-state index contributed by atoms with van der Waals surface area (Å²) in [5.41, 5.74) is 1.58. The van der Waals surface area contributed by atoms with Crippen molar-refractivity contribution in [3.8, 4) is 5.75 Å². The third-order valence-corrected chi connectivity index (χ3v) is 4.45. The van der Waals surface area contributed by atoms with Crippen LogP contribution < -0.4 is 9.64 Å². The second-order valence-electron chi connectivity index (χ2n) is 5.54. The van der Waals surface area contributed by atoms with Crippen molar-refractivity contribution in [1.29, 1.82) is 0 Å². The number of benzene rings is 1. The van der Waals surface area contributed by atoms with Gasteiger partial charge in [-0.2, -0.15) is 5.10 Å². The first-order valence-electron chi connectivity index (χ1n) is 7.31. The van der Waals surface area contributed by atoms with Crippen LogP contribution in [0.25, 0.3) is 5.65 Å². The molecule has 0 radical (unpaired) electrons. The number of fused-ring (bicyclic) bond motifs is 2. The van der Waals surface area contributed by atoms with Gasteiger partial charge >= 0.3 is 0 Å². The molecule has 1 aliphatic heterocycles. The van der Waals surface area contributed by atoms with Crippen LogP contribution in [0.4, 0.5) is 5.69 Å². The van der Waals surface area contributed by atoms with Gasteiger partial charge < -0.3 is 4.74 Å². The molecule has 1 atom stereocenters. The Hall–Kier alpha value is -2.12. The van der Waals surface area contributed by atoms with Crippen LogP contribution in [0.5, 0.6) is 5.75 Å². The number of ether oxygens (including phenoxy) is 1. The number of nitrogens with zero attached hydrogens (tertiary/aromatic N) is 4. The van der Waals surface area contributed by atoms with Crippen LogP contribution >= 0.6 is 27.5 Å². The topological polar surface area (TPSA) is 59.7 Å². The van der Waals surface area contributed by atoms with Gasteiger partial charge in [-0.1, -0.05) is 17.7 Å². The SMILES string of the molecule is CC1CN(C(=O)c2cc3ncc(Br)cn3n2)c2cccc(Cl)c2O1. The van der Waals surface area contributed by atoms with E-state index in [1.165, 1.54) is 0 Å². The molecule has 0 fully saturated rings. The van der Waals surface area contributed by atoms with E-state index in [9.17, 15) is 4.79 Å². The van der Waals surface area contributed by atoms with E-state index in [-0.39, 0.29) is 12.0 Å². The zero-order valence-corrected chi connectivity index (χ0v) is 15.0. The van der Waals surface area contributed by atoms with Gasteiger partial charge in [0.1, 0.15) is 6.10 Å². The van der Waals surface area contributed by atoms with Crippen molar-refractivity contribution in [3.63, 3.8) is 0 Å². The molecule has 122 valence electrons.